The number of carbonyl (C=O) groups is 2. The van der Waals surface area contributed by atoms with E-state index in [1.54, 1.807) is 6.92 Å². The maximum absolute atomic E-state index is 12.9. The second kappa shape index (κ2) is 9.40. The van der Waals surface area contributed by atoms with Gasteiger partial charge >= 0.3 is 5.97 Å². The molecule has 5 nitrogen and oxygen atoms in total. The Bertz CT molecular complexity index is 1170. The summed E-state index contributed by atoms with van der Waals surface area (Å²) in [6.07, 6.45) is 0. The summed E-state index contributed by atoms with van der Waals surface area (Å²) < 4.78 is 5.18. The first-order valence-electron chi connectivity index (χ1n) is 10.3. The van der Waals surface area contributed by atoms with Gasteiger partial charge in [-0.25, -0.2) is 9.78 Å². The number of ether oxygens (including phenoxy) is 1. The number of aromatic nitrogens is 1. The van der Waals surface area contributed by atoms with E-state index in [-0.39, 0.29) is 11.2 Å². The summed E-state index contributed by atoms with van der Waals surface area (Å²) in [5.74, 6) is -0.575. The van der Waals surface area contributed by atoms with Gasteiger partial charge in [0, 0.05) is 10.3 Å². The van der Waals surface area contributed by atoms with E-state index >= 15 is 0 Å². The van der Waals surface area contributed by atoms with Crippen LogP contribution in [0, 0.1) is 34.6 Å². The number of pyridine rings is 1. The Morgan fingerprint density at radius 1 is 1.13 bits per heavy atom. The quantitative estimate of drug-likeness (QED) is 0.357. The van der Waals surface area contributed by atoms with Crippen LogP contribution in [0.25, 0.3) is 10.9 Å². The topological polar surface area (TPSA) is 68.3 Å². The van der Waals surface area contributed by atoms with Gasteiger partial charge in [0.1, 0.15) is 5.00 Å². The number of hydrogen-bond donors (Lipinski definition) is 1. The number of rotatable bonds is 6. The van der Waals surface area contributed by atoms with Crippen LogP contribution in [0.2, 0.25) is 0 Å². The molecule has 0 fully saturated rings. The second-order valence-corrected chi connectivity index (χ2v) is 10.3. The summed E-state index contributed by atoms with van der Waals surface area (Å²) in [7, 11) is 0. The van der Waals surface area contributed by atoms with E-state index in [0.717, 1.165) is 37.5 Å². The molecule has 0 spiro atoms. The number of fused-ring (bicyclic) bond motifs is 1. The van der Waals surface area contributed by atoms with Gasteiger partial charge in [-0.1, -0.05) is 23.4 Å². The highest BCUT2D eigenvalue weighted by Crippen LogP contribution is 2.34. The number of thiophene rings is 1. The van der Waals surface area contributed by atoms with E-state index in [4.69, 9.17) is 9.72 Å². The lowest BCUT2D eigenvalue weighted by molar-refractivity contribution is -0.115. The molecular formula is C24H28N2O3S2. The number of hydrogen-bond acceptors (Lipinski definition) is 6. The highest BCUT2D eigenvalue weighted by atomic mass is 32.2. The Labute approximate surface area is 191 Å². The van der Waals surface area contributed by atoms with Gasteiger partial charge in [0.05, 0.1) is 28.0 Å². The highest BCUT2D eigenvalue weighted by Gasteiger charge is 2.24. The lowest BCUT2D eigenvalue weighted by atomic mass is 10.0. The maximum atomic E-state index is 12.9. The van der Waals surface area contributed by atoms with Crippen LogP contribution in [-0.2, 0) is 9.53 Å². The van der Waals surface area contributed by atoms with Crippen LogP contribution in [0.5, 0.6) is 0 Å². The number of thioether (sulfide) groups is 1. The summed E-state index contributed by atoms with van der Waals surface area (Å²) >= 11 is 2.81. The predicted molar refractivity (Wildman–Crippen MR) is 130 cm³/mol. The van der Waals surface area contributed by atoms with Crippen molar-refractivity contribution >= 4 is 50.9 Å². The van der Waals surface area contributed by atoms with Crippen molar-refractivity contribution < 1.29 is 14.3 Å². The van der Waals surface area contributed by atoms with Gasteiger partial charge in [-0.15, -0.1) is 11.3 Å². The number of esters is 1. The standard InChI is InChI=1S/C24H28N2O3S2/c1-8-29-24(28)20-15(5)16(6)31-23(20)26-22(27)17(7)30-19-11-13(3)18-10-12(2)9-14(4)21(18)25-19/h9-11,17H,8H2,1-7H3,(H,26,27). The van der Waals surface area contributed by atoms with E-state index in [9.17, 15) is 9.59 Å². The predicted octanol–water partition coefficient (Wildman–Crippen LogP) is 6.13. The molecule has 3 rings (SSSR count). The second-order valence-electron chi connectivity index (χ2n) is 7.71. The van der Waals surface area contributed by atoms with Gasteiger partial charge in [0.25, 0.3) is 0 Å². The number of amides is 1. The van der Waals surface area contributed by atoms with Crippen LogP contribution >= 0.6 is 23.1 Å². The molecule has 0 aliphatic carbocycles. The molecule has 0 radical (unpaired) electrons. The van der Waals surface area contributed by atoms with Crippen LogP contribution < -0.4 is 5.32 Å². The monoisotopic (exact) mass is 456 g/mol. The minimum atomic E-state index is -0.405. The summed E-state index contributed by atoms with van der Waals surface area (Å²) in [6.45, 7) is 13.9. The molecule has 164 valence electrons. The molecular weight excluding hydrogens is 428 g/mol. The first-order chi connectivity index (χ1) is 14.6. The van der Waals surface area contributed by atoms with E-state index in [0.29, 0.717) is 17.2 Å². The van der Waals surface area contributed by atoms with Crippen LogP contribution in [-0.4, -0.2) is 28.7 Å². The van der Waals surface area contributed by atoms with Crippen molar-refractivity contribution in [2.24, 2.45) is 0 Å². The average Bonchev–Trinajstić information content (AvgIpc) is 2.96. The molecule has 0 saturated carbocycles. The van der Waals surface area contributed by atoms with Crippen molar-refractivity contribution in [1.82, 2.24) is 4.98 Å². The van der Waals surface area contributed by atoms with Gasteiger partial charge in [-0.3, -0.25) is 4.79 Å². The molecule has 2 aromatic heterocycles. The Kier molecular flexibility index (Phi) is 7.06. The normalized spacial score (nSPS) is 12.1. The summed E-state index contributed by atoms with van der Waals surface area (Å²) in [5.41, 5.74) is 5.73. The number of carbonyl (C=O) groups excluding carboxylic acids is 2. The maximum Gasteiger partial charge on any atom is 0.341 e. The molecule has 1 atom stereocenters. The molecule has 0 saturated heterocycles. The number of benzene rings is 1. The molecule has 3 aromatic rings. The van der Waals surface area contributed by atoms with Crippen molar-refractivity contribution in [1.29, 1.82) is 0 Å². The van der Waals surface area contributed by atoms with Crippen molar-refractivity contribution in [2.45, 2.75) is 58.7 Å². The summed E-state index contributed by atoms with van der Waals surface area (Å²) in [4.78, 5) is 31.1. The molecule has 7 heteroatoms. The van der Waals surface area contributed by atoms with Crippen LogP contribution in [0.3, 0.4) is 0 Å². The van der Waals surface area contributed by atoms with E-state index in [1.807, 2.05) is 26.8 Å². The van der Waals surface area contributed by atoms with E-state index < -0.39 is 5.97 Å². The van der Waals surface area contributed by atoms with Crippen LogP contribution in [0.15, 0.2) is 23.2 Å². The molecule has 1 amide bonds. The van der Waals surface area contributed by atoms with Crippen molar-refractivity contribution in [3.8, 4) is 0 Å². The molecule has 1 unspecified atom stereocenters. The molecule has 0 bridgehead atoms. The fourth-order valence-electron chi connectivity index (χ4n) is 3.49. The Hall–Kier alpha value is -2.38. The first-order valence-corrected chi connectivity index (χ1v) is 11.9. The smallest absolute Gasteiger partial charge is 0.341 e. The Morgan fingerprint density at radius 3 is 2.52 bits per heavy atom. The number of nitrogens with one attached hydrogen (secondary N) is 1. The third-order valence-corrected chi connectivity index (χ3v) is 7.34. The Balaban J connectivity index is 1.82. The zero-order valence-electron chi connectivity index (χ0n) is 19.0. The van der Waals surface area contributed by atoms with Gasteiger partial charge < -0.3 is 10.1 Å². The SMILES string of the molecule is CCOC(=O)c1c(NC(=O)C(C)Sc2cc(C)c3cc(C)cc(C)c3n2)sc(C)c1C. The average molecular weight is 457 g/mol. The lowest BCUT2D eigenvalue weighted by Crippen LogP contribution is -2.23. The third-order valence-electron chi connectivity index (χ3n) is 5.20. The van der Waals surface area contributed by atoms with Gasteiger partial charge in [-0.2, -0.15) is 0 Å². The van der Waals surface area contributed by atoms with E-state index in [1.165, 1.54) is 28.7 Å². The zero-order valence-corrected chi connectivity index (χ0v) is 20.6. The van der Waals surface area contributed by atoms with Gasteiger partial charge in [0.15, 0.2) is 0 Å². The molecule has 2 heterocycles. The molecule has 0 aliphatic heterocycles. The van der Waals surface area contributed by atoms with Crippen molar-refractivity contribution in [3.05, 3.63) is 50.9 Å². The zero-order chi connectivity index (χ0) is 22.9. The molecule has 1 N–H and O–H groups in total. The molecule has 1 aromatic carbocycles. The minimum Gasteiger partial charge on any atom is -0.462 e. The van der Waals surface area contributed by atoms with Crippen LogP contribution in [0.4, 0.5) is 5.00 Å². The van der Waals surface area contributed by atoms with Crippen molar-refractivity contribution in [2.75, 3.05) is 11.9 Å². The Morgan fingerprint density at radius 2 is 1.84 bits per heavy atom. The number of anilines is 1. The fourth-order valence-corrected chi connectivity index (χ4v) is 5.46. The van der Waals surface area contributed by atoms with Gasteiger partial charge in [-0.05, 0) is 77.3 Å². The lowest BCUT2D eigenvalue weighted by Gasteiger charge is -2.14. The van der Waals surface area contributed by atoms with Crippen LogP contribution in [0.1, 0.15) is 51.3 Å². The fraction of sp³-hybridized carbons (Fsp3) is 0.375. The number of aryl methyl sites for hydroxylation is 4. The summed E-state index contributed by atoms with van der Waals surface area (Å²) in [6, 6.07) is 6.30. The highest BCUT2D eigenvalue weighted by molar-refractivity contribution is 8.00. The third kappa shape index (κ3) is 4.93. The molecule has 0 aliphatic rings. The minimum absolute atomic E-state index is 0.169. The van der Waals surface area contributed by atoms with E-state index in [2.05, 4.69) is 38.2 Å². The largest absolute Gasteiger partial charge is 0.462 e. The first kappa shape index (κ1) is 23.3. The number of nitrogens with zero attached hydrogens (tertiary/aromatic N) is 1. The summed E-state index contributed by atoms with van der Waals surface area (Å²) in [5, 5.41) is 5.04. The molecule has 31 heavy (non-hydrogen) atoms. The van der Waals surface area contributed by atoms with Gasteiger partial charge in [0.2, 0.25) is 5.91 Å². The van der Waals surface area contributed by atoms with Crippen molar-refractivity contribution in [3.63, 3.8) is 0 Å².